The van der Waals surface area contributed by atoms with Gasteiger partial charge in [0.2, 0.25) is 0 Å². The largest absolute Gasteiger partial charge is 0.455 e. The molecule has 0 atom stereocenters. The predicted molar refractivity (Wildman–Crippen MR) is 291 cm³/mol. The van der Waals surface area contributed by atoms with Crippen molar-refractivity contribution in [2.75, 3.05) is 0 Å². The van der Waals surface area contributed by atoms with Crippen molar-refractivity contribution >= 4 is 97.6 Å². The topological polar surface area (TPSA) is 56.7 Å². The SMILES string of the molecule is c1ccc(-c2nc(-c3ccc4c5ccccc5c5ccccc5c4c3)nc(-c3ccc(-n4c5ccccc5c5cc6ccccc6cc54)cc3-c3cccc4oc5c6ccccc6ccc5c34)n2)cc1. The molecule has 0 amide bonds. The van der Waals surface area contributed by atoms with Crippen molar-refractivity contribution in [2.24, 2.45) is 0 Å². The zero-order valence-corrected chi connectivity index (χ0v) is 37.6. The van der Waals surface area contributed by atoms with Gasteiger partial charge in [0, 0.05) is 49.3 Å². The summed E-state index contributed by atoms with van der Waals surface area (Å²) in [5.74, 6) is 1.79. The molecule has 70 heavy (non-hydrogen) atoms. The monoisotopic (exact) mass is 890 g/mol. The molecule has 0 aliphatic heterocycles. The van der Waals surface area contributed by atoms with E-state index in [0.717, 1.165) is 82.6 Å². The van der Waals surface area contributed by atoms with E-state index < -0.39 is 0 Å². The van der Waals surface area contributed by atoms with Gasteiger partial charge in [0.25, 0.3) is 0 Å². The van der Waals surface area contributed by atoms with Gasteiger partial charge in [-0.2, -0.15) is 0 Å². The first-order chi connectivity index (χ1) is 34.7. The van der Waals surface area contributed by atoms with E-state index in [1.54, 1.807) is 0 Å². The summed E-state index contributed by atoms with van der Waals surface area (Å²) in [7, 11) is 0. The number of hydrogen-bond donors (Lipinski definition) is 0. The van der Waals surface area contributed by atoms with Crippen LogP contribution in [0.1, 0.15) is 0 Å². The Balaban J connectivity index is 1.02. The van der Waals surface area contributed by atoms with E-state index in [-0.39, 0.29) is 0 Å². The molecule has 5 heteroatoms. The van der Waals surface area contributed by atoms with Crippen molar-refractivity contribution in [3.05, 3.63) is 231 Å². The summed E-state index contributed by atoms with van der Waals surface area (Å²) >= 11 is 0. The molecule has 5 nitrogen and oxygen atoms in total. The molecule has 0 spiro atoms. The lowest BCUT2D eigenvalue weighted by Crippen LogP contribution is -2.02. The molecule has 0 aliphatic carbocycles. The number of fused-ring (bicyclic) bond motifs is 15. The Morgan fingerprint density at radius 2 is 0.900 bits per heavy atom. The van der Waals surface area contributed by atoms with Crippen LogP contribution in [0.5, 0.6) is 0 Å². The number of rotatable bonds is 5. The Labute approximate surface area is 401 Å². The fourth-order valence-corrected chi connectivity index (χ4v) is 11.2. The average molecular weight is 891 g/mol. The Hall–Kier alpha value is -9.45. The third-order valence-corrected chi connectivity index (χ3v) is 14.4. The van der Waals surface area contributed by atoms with Crippen LogP contribution in [-0.4, -0.2) is 19.5 Å². The molecular formula is C65H38N4O. The van der Waals surface area contributed by atoms with E-state index in [9.17, 15) is 0 Å². The summed E-state index contributed by atoms with van der Waals surface area (Å²) in [6.45, 7) is 0. The third-order valence-electron chi connectivity index (χ3n) is 14.4. The molecule has 0 aliphatic rings. The van der Waals surface area contributed by atoms with E-state index in [1.807, 2.05) is 18.2 Å². The highest BCUT2D eigenvalue weighted by Gasteiger charge is 2.23. The van der Waals surface area contributed by atoms with E-state index in [4.69, 9.17) is 19.4 Å². The highest BCUT2D eigenvalue weighted by molar-refractivity contribution is 6.26. The number of furan rings is 1. The number of para-hydroxylation sites is 1. The van der Waals surface area contributed by atoms with Gasteiger partial charge in [0.15, 0.2) is 17.5 Å². The maximum atomic E-state index is 6.83. The van der Waals surface area contributed by atoms with Crippen LogP contribution in [0.4, 0.5) is 0 Å². The molecule has 0 saturated carbocycles. The molecule has 0 fully saturated rings. The average Bonchev–Trinajstić information content (AvgIpc) is 3.98. The molecule has 3 aromatic heterocycles. The third kappa shape index (κ3) is 5.82. The van der Waals surface area contributed by atoms with Crippen LogP contribution in [-0.2, 0) is 0 Å². The van der Waals surface area contributed by atoms with E-state index in [2.05, 4.69) is 217 Å². The quantitative estimate of drug-likeness (QED) is 0.162. The molecular weight excluding hydrogens is 853 g/mol. The van der Waals surface area contributed by atoms with Gasteiger partial charge in [0.1, 0.15) is 11.2 Å². The molecule has 12 aromatic carbocycles. The predicted octanol–water partition coefficient (Wildman–Crippen LogP) is 17.3. The first-order valence-corrected chi connectivity index (χ1v) is 23.8. The Morgan fingerprint density at radius 1 is 0.300 bits per heavy atom. The lowest BCUT2D eigenvalue weighted by molar-refractivity contribution is 0.673. The van der Waals surface area contributed by atoms with Gasteiger partial charge in [-0.25, -0.2) is 15.0 Å². The minimum atomic E-state index is 0.581. The normalized spacial score (nSPS) is 12.0. The fourth-order valence-electron chi connectivity index (χ4n) is 11.2. The van der Waals surface area contributed by atoms with Gasteiger partial charge in [-0.05, 0) is 114 Å². The highest BCUT2D eigenvalue weighted by atomic mass is 16.3. The summed E-state index contributed by atoms with van der Waals surface area (Å²) in [5, 5.41) is 16.4. The summed E-state index contributed by atoms with van der Waals surface area (Å²) in [6, 6.07) is 82.2. The second-order valence-corrected chi connectivity index (χ2v) is 18.3. The van der Waals surface area contributed by atoms with Crippen molar-refractivity contribution < 1.29 is 4.42 Å². The Bertz CT molecular complexity index is 4630. The number of nitrogens with zero attached hydrogens (tertiary/aromatic N) is 4. The van der Waals surface area contributed by atoms with E-state index in [0.29, 0.717) is 17.5 Å². The molecule has 0 saturated heterocycles. The number of aromatic nitrogens is 4. The maximum absolute atomic E-state index is 6.83. The summed E-state index contributed by atoms with van der Waals surface area (Å²) in [6.07, 6.45) is 0. The first-order valence-electron chi connectivity index (χ1n) is 23.8. The summed E-state index contributed by atoms with van der Waals surface area (Å²) in [4.78, 5) is 16.1. The first kappa shape index (κ1) is 38.6. The van der Waals surface area contributed by atoms with E-state index >= 15 is 0 Å². The van der Waals surface area contributed by atoms with Crippen LogP contribution in [0.25, 0.3) is 149 Å². The molecule has 3 heterocycles. The van der Waals surface area contributed by atoms with Gasteiger partial charge < -0.3 is 8.98 Å². The molecule has 0 unspecified atom stereocenters. The van der Waals surface area contributed by atoms with Gasteiger partial charge in [0.05, 0.1) is 11.0 Å². The van der Waals surface area contributed by atoms with Crippen molar-refractivity contribution in [3.8, 4) is 51.0 Å². The van der Waals surface area contributed by atoms with Gasteiger partial charge in [-0.15, -0.1) is 0 Å². The van der Waals surface area contributed by atoms with Gasteiger partial charge in [-0.3, -0.25) is 0 Å². The van der Waals surface area contributed by atoms with Crippen molar-refractivity contribution in [1.29, 1.82) is 0 Å². The van der Waals surface area contributed by atoms with Crippen molar-refractivity contribution in [3.63, 3.8) is 0 Å². The highest BCUT2D eigenvalue weighted by Crippen LogP contribution is 2.45. The number of benzene rings is 12. The minimum absolute atomic E-state index is 0.581. The maximum Gasteiger partial charge on any atom is 0.164 e. The van der Waals surface area contributed by atoms with Crippen LogP contribution in [0.2, 0.25) is 0 Å². The Morgan fingerprint density at radius 3 is 1.67 bits per heavy atom. The second kappa shape index (κ2) is 15.0. The molecule has 15 rings (SSSR count). The Kier molecular flexibility index (Phi) is 8.29. The lowest BCUT2D eigenvalue weighted by atomic mass is 9.93. The van der Waals surface area contributed by atoms with Gasteiger partial charge >= 0.3 is 0 Å². The fraction of sp³-hybridized carbons (Fsp3) is 0. The summed E-state index contributed by atoms with van der Waals surface area (Å²) < 4.78 is 9.24. The van der Waals surface area contributed by atoms with Crippen LogP contribution >= 0.6 is 0 Å². The van der Waals surface area contributed by atoms with E-state index in [1.165, 1.54) is 48.5 Å². The lowest BCUT2D eigenvalue weighted by Gasteiger charge is -2.16. The van der Waals surface area contributed by atoms with Crippen LogP contribution < -0.4 is 0 Å². The number of hydrogen-bond acceptors (Lipinski definition) is 4. The molecule has 0 bridgehead atoms. The van der Waals surface area contributed by atoms with Crippen LogP contribution in [0.15, 0.2) is 235 Å². The van der Waals surface area contributed by atoms with Crippen molar-refractivity contribution in [2.45, 2.75) is 0 Å². The van der Waals surface area contributed by atoms with Gasteiger partial charge in [-0.1, -0.05) is 176 Å². The molecule has 15 aromatic rings. The smallest absolute Gasteiger partial charge is 0.164 e. The zero-order chi connectivity index (χ0) is 45.9. The standard InChI is InChI=1S/C65H38N4O/c1-2-16-40(17-3-1)63-66-64(43-30-32-50-48-23-9-8-21-46(48)47-22-10-11-24-49(47)55(50)36-43)68-65(67-63)53-34-31-44(69-58-27-13-12-25-51(58)57-35-41-18-4-5-19-42(41)37-59(57)69)38-56(53)52-26-14-28-60-61(52)54-33-29-39-15-6-7-20-45(39)62(54)70-60/h1-38H. The summed E-state index contributed by atoms with van der Waals surface area (Å²) in [5.41, 5.74) is 9.72. The molecule has 0 N–H and O–H groups in total. The molecule has 324 valence electrons. The van der Waals surface area contributed by atoms with Crippen LogP contribution in [0, 0.1) is 0 Å². The van der Waals surface area contributed by atoms with Crippen LogP contribution in [0.3, 0.4) is 0 Å². The van der Waals surface area contributed by atoms with Crippen molar-refractivity contribution in [1.82, 2.24) is 19.5 Å². The molecule has 0 radical (unpaired) electrons. The second-order valence-electron chi connectivity index (χ2n) is 18.3. The zero-order valence-electron chi connectivity index (χ0n) is 37.6. The minimum Gasteiger partial charge on any atom is -0.455 e.